The van der Waals surface area contributed by atoms with Crippen LogP contribution >= 0.6 is 7.60 Å². The largest absolute Gasteiger partial charge is 0.385 e. The molecule has 7 heterocycles. The number of imidazole rings is 2. The van der Waals surface area contributed by atoms with Crippen molar-refractivity contribution in [2.75, 3.05) is 24.4 Å². The molecule has 20 heteroatoms. The minimum absolute atomic E-state index is 0.00652. The molecule has 212 valence electrons. The van der Waals surface area contributed by atoms with E-state index in [0.29, 0.717) is 11.2 Å². The molecule has 7 unspecified atom stereocenters. The number of nitrogens with one attached hydrogen (secondary N) is 1. The quantitative estimate of drug-likeness (QED) is 0.171. The molecular weight excluding hydrogens is 555 g/mol. The van der Waals surface area contributed by atoms with Crippen LogP contribution < -0.4 is 17.0 Å². The second-order valence-corrected chi connectivity index (χ2v) is 11.2. The molecule has 0 spiro atoms. The number of nitrogen functional groups attached to an aromatic ring is 2. The summed E-state index contributed by atoms with van der Waals surface area (Å²) in [5.74, 6) is 0.00821. The van der Waals surface area contributed by atoms with Gasteiger partial charge in [-0.3, -0.25) is 28.0 Å². The number of aromatic amines is 1. The van der Waals surface area contributed by atoms with Crippen molar-refractivity contribution in [3.8, 4) is 0 Å². The zero-order chi connectivity index (χ0) is 27.8. The van der Waals surface area contributed by atoms with Gasteiger partial charge in [0.1, 0.15) is 30.2 Å². The molecule has 2 bridgehead atoms. The second-order valence-electron chi connectivity index (χ2n) is 9.50. The molecule has 7 rings (SSSR count). The van der Waals surface area contributed by atoms with Gasteiger partial charge in [0.15, 0.2) is 47.7 Å². The number of aliphatic hydroxyl groups excluding tert-OH is 1. The number of nitrogens with zero attached hydrogens (tertiary/aromatic N) is 7. The van der Waals surface area contributed by atoms with E-state index in [-0.39, 0.29) is 36.0 Å². The Morgan fingerprint density at radius 1 is 1.02 bits per heavy atom. The number of hydrogen-bond donors (Lipinski definition) is 5. The van der Waals surface area contributed by atoms with Crippen LogP contribution in [0.4, 0.5) is 11.8 Å². The average molecular weight is 578 g/mol. The zero-order valence-corrected chi connectivity index (χ0v) is 21.3. The molecule has 19 nitrogen and oxygen atoms in total. The van der Waals surface area contributed by atoms with E-state index in [2.05, 4.69) is 29.9 Å². The third-order valence-corrected chi connectivity index (χ3v) is 7.95. The molecular formula is C20H23N10O9P. The molecule has 0 saturated carbocycles. The summed E-state index contributed by atoms with van der Waals surface area (Å²) in [6.45, 7) is -0.0632. The lowest BCUT2D eigenvalue weighted by atomic mass is 10.2. The van der Waals surface area contributed by atoms with Crippen molar-refractivity contribution in [3.05, 3.63) is 29.3 Å². The second kappa shape index (κ2) is 9.25. The minimum Gasteiger partial charge on any atom is -0.385 e. The summed E-state index contributed by atoms with van der Waals surface area (Å²) >= 11 is 0. The molecule has 0 amide bonds. The van der Waals surface area contributed by atoms with Crippen molar-refractivity contribution in [1.82, 2.24) is 39.0 Å². The summed E-state index contributed by atoms with van der Waals surface area (Å²) in [6, 6.07) is 0. The van der Waals surface area contributed by atoms with E-state index in [1.54, 1.807) is 0 Å². The van der Waals surface area contributed by atoms with E-state index in [1.807, 2.05) is 0 Å². The van der Waals surface area contributed by atoms with Gasteiger partial charge in [0.2, 0.25) is 5.95 Å². The van der Waals surface area contributed by atoms with Gasteiger partial charge in [0, 0.05) is 6.42 Å². The maximum Gasteiger partial charge on any atom is 0.354 e. The van der Waals surface area contributed by atoms with Crippen LogP contribution in [0.1, 0.15) is 18.9 Å². The summed E-state index contributed by atoms with van der Waals surface area (Å²) in [7, 11) is -4.41. The van der Waals surface area contributed by atoms with Crippen LogP contribution in [0.2, 0.25) is 0 Å². The molecule has 7 N–H and O–H groups in total. The van der Waals surface area contributed by atoms with Gasteiger partial charge < -0.3 is 40.4 Å². The Morgan fingerprint density at radius 2 is 1.80 bits per heavy atom. The lowest BCUT2D eigenvalue weighted by Crippen LogP contribution is -2.38. The van der Waals surface area contributed by atoms with Gasteiger partial charge in [0.05, 0.1) is 25.4 Å². The maximum atomic E-state index is 13.1. The first kappa shape index (κ1) is 25.4. The minimum atomic E-state index is -4.41. The van der Waals surface area contributed by atoms with Crippen molar-refractivity contribution in [2.45, 2.75) is 49.6 Å². The fraction of sp³-hybridized carbons (Fsp3) is 0.500. The molecule has 0 aromatic carbocycles. The molecule has 40 heavy (non-hydrogen) atoms. The predicted octanol–water partition coefficient (Wildman–Crippen LogP) is -1.43. The smallest absolute Gasteiger partial charge is 0.354 e. The number of aliphatic hydroxyl groups is 1. The molecule has 3 fully saturated rings. The molecule has 4 aromatic rings. The van der Waals surface area contributed by atoms with E-state index >= 15 is 0 Å². The van der Waals surface area contributed by atoms with Gasteiger partial charge in [-0.05, 0) is 0 Å². The highest BCUT2D eigenvalue weighted by Gasteiger charge is 2.50. The third-order valence-electron chi connectivity index (χ3n) is 6.88. The van der Waals surface area contributed by atoms with Crippen molar-refractivity contribution in [1.29, 1.82) is 0 Å². The Morgan fingerprint density at radius 3 is 2.62 bits per heavy atom. The normalized spacial score (nSPS) is 34.7. The fourth-order valence-electron chi connectivity index (χ4n) is 5.14. The Bertz CT molecular complexity index is 1710. The van der Waals surface area contributed by atoms with Crippen LogP contribution in [-0.4, -0.2) is 92.7 Å². The zero-order valence-electron chi connectivity index (χ0n) is 20.4. The highest BCUT2D eigenvalue weighted by molar-refractivity contribution is 7.52. The summed E-state index contributed by atoms with van der Waals surface area (Å²) < 4.78 is 45.2. The first-order valence-corrected chi connectivity index (χ1v) is 13.8. The first-order chi connectivity index (χ1) is 19.2. The Balaban J connectivity index is 1.18. The molecule has 0 aliphatic carbocycles. The number of aromatic nitrogens is 8. The van der Waals surface area contributed by atoms with Gasteiger partial charge in [-0.25, -0.2) is 19.9 Å². The van der Waals surface area contributed by atoms with E-state index in [1.165, 1.54) is 28.1 Å². The Hall–Kier alpha value is -3.55. The number of fused-ring (bicyclic) bond motifs is 5. The Labute approximate surface area is 222 Å². The van der Waals surface area contributed by atoms with Crippen molar-refractivity contribution >= 4 is 41.7 Å². The van der Waals surface area contributed by atoms with Crippen molar-refractivity contribution < 1.29 is 38.0 Å². The number of rotatable bonds is 2. The number of anilines is 2. The van der Waals surface area contributed by atoms with Crippen molar-refractivity contribution in [2.24, 2.45) is 0 Å². The SMILES string of the molecule is Nc1nc2c(ncn2C2OC3COC4C(OCP(=O)(O)O[C@H]2C3)OC(n2cnc3c(N)ncnc32)C4O)c(=O)[nH]1. The van der Waals surface area contributed by atoms with Crippen LogP contribution in [0.15, 0.2) is 23.8 Å². The molecule has 8 atom stereocenters. The van der Waals surface area contributed by atoms with Crippen LogP contribution in [0.25, 0.3) is 22.3 Å². The number of nitrogens with two attached hydrogens (primary N) is 2. The van der Waals surface area contributed by atoms with E-state index in [0.717, 1.165) is 0 Å². The highest BCUT2D eigenvalue weighted by atomic mass is 31.2. The van der Waals surface area contributed by atoms with Crippen LogP contribution in [-0.2, 0) is 28.0 Å². The summed E-state index contributed by atoms with van der Waals surface area (Å²) in [4.78, 5) is 45.7. The summed E-state index contributed by atoms with van der Waals surface area (Å²) in [5, 5.41) is 11.2. The van der Waals surface area contributed by atoms with Gasteiger partial charge in [0.25, 0.3) is 5.56 Å². The highest BCUT2D eigenvalue weighted by Crippen LogP contribution is 2.50. The predicted molar refractivity (Wildman–Crippen MR) is 131 cm³/mol. The number of hydrogen-bond acceptors (Lipinski definition) is 15. The lowest BCUT2D eigenvalue weighted by Gasteiger charge is -2.26. The molecule has 0 radical (unpaired) electrons. The Kier molecular flexibility index (Phi) is 5.88. The van der Waals surface area contributed by atoms with E-state index < -0.39 is 62.7 Å². The molecule has 3 saturated heterocycles. The standard InChI is InChI=1S/C20H23N10O9P/c21-13-9-14(24-3-23-13)29(4-25-9)18-11(31)12-19(38-18)36-6-40(33,34)39-8-1-7(2-35-12)37-17(8)30-5-26-10-15(30)27-20(22)28-16(10)32/h3-5,7-8,11-12,17-19,31H,1-2,6H2,(H,33,34)(H2,21,23,24)(H3,22,27,28,32)/t7?,8-,11?,12?,17?,18?,19?/m0/s1. The number of ether oxygens (including phenoxy) is 4. The first-order valence-electron chi connectivity index (χ1n) is 12.1. The van der Waals surface area contributed by atoms with Crippen molar-refractivity contribution in [3.63, 3.8) is 0 Å². The summed E-state index contributed by atoms with van der Waals surface area (Å²) in [5.41, 5.74) is 11.7. The van der Waals surface area contributed by atoms with E-state index in [9.17, 15) is 19.4 Å². The van der Waals surface area contributed by atoms with Crippen LogP contribution in [0, 0.1) is 0 Å². The molecule has 3 aliphatic rings. The lowest BCUT2D eigenvalue weighted by molar-refractivity contribution is -0.185. The molecule has 3 aliphatic heterocycles. The fourth-order valence-corrected chi connectivity index (χ4v) is 6.15. The summed E-state index contributed by atoms with van der Waals surface area (Å²) in [6.07, 6.45) is -4.04. The molecule has 4 aromatic heterocycles. The maximum absolute atomic E-state index is 13.1. The van der Waals surface area contributed by atoms with Gasteiger partial charge in [-0.2, -0.15) is 4.98 Å². The number of H-pyrrole nitrogens is 1. The van der Waals surface area contributed by atoms with Gasteiger partial charge in [-0.15, -0.1) is 0 Å². The van der Waals surface area contributed by atoms with Crippen LogP contribution in [0.5, 0.6) is 0 Å². The monoisotopic (exact) mass is 578 g/mol. The van der Waals surface area contributed by atoms with Gasteiger partial charge in [-0.1, -0.05) is 0 Å². The topological polar surface area (TPSA) is 263 Å². The van der Waals surface area contributed by atoms with E-state index in [4.69, 9.17) is 34.9 Å². The average Bonchev–Trinajstić information content (AvgIpc) is 3.66. The van der Waals surface area contributed by atoms with Gasteiger partial charge >= 0.3 is 7.60 Å². The third kappa shape index (κ3) is 4.14. The van der Waals surface area contributed by atoms with Crippen LogP contribution in [0.3, 0.4) is 0 Å².